The van der Waals surface area contributed by atoms with Gasteiger partial charge in [0.15, 0.2) is 5.96 Å². The zero-order valence-corrected chi connectivity index (χ0v) is 14.5. The number of rotatable bonds is 7. The molecule has 3 N–H and O–H groups in total. The summed E-state index contributed by atoms with van der Waals surface area (Å²) < 4.78 is 11.0. The molecule has 0 radical (unpaired) electrons. The molecule has 0 fully saturated rings. The van der Waals surface area contributed by atoms with Gasteiger partial charge in [-0.05, 0) is 36.2 Å². The van der Waals surface area contributed by atoms with Gasteiger partial charge in [-0.25, -0.2) is 4.99 Å². The second kappa shape index (κ2) is 8.82. The maximum Gasteiger partial charge on any atom is 0.193 e. The Morgan fingerprint density at radius 1 is 1.12 bits per heavy atom. The number of nitrogens with two attached hydrogens (primary N) is 1. The molecule has 24 heavy (non-hydrogen) atoms. The average molecular weight is 327 g/mol. The van der Waals surface area contributed by atoms with Crippen LogP contribution < -0.4 is 20.5 Å². The first kappa shape index (κ1) is 17.7. The number of para-hydroxylation sites is 1. The van der Waals surface area contributed by atoms with Crippen LogP contribution in [0.3, 0.4) is 0 Å². The lowest BCUT2D eigenvalue weighted by Crippen LogP contribution is -2.22. The fraction of sp³-hybridized carbons (Fsp3) is 0.316. The predicted octanol–water partition coefficient (Wildman–Crippen LogP) is 3.66. The predicted molar refractivity (Wildman–Crippen MR) is 98.7 cm³/mol. The third-order valence-electron chi connectivity index (χ3n) is 3.33. The van der Waals surface area contributed by atoms with E-state index in [1.165, 1.54) is 0 Å². The van der Waals surface area contributed by atoms with Crippen molar-refractivity contribution in [2.24, 2.45) is 16.6 Å². The second-order valence-corrected chi connectivity index (χ2v) is 5.87. The number of hydrogen-bond acceptors (Lipinski definition) is 3. The van der Waals surface area contributed by atoms with E-state index in [2.05, 4.69) is 24.2 Å². The summed E-state index contributed by atoms with van der Waals surface area (Å²) in [5, 5.41) is 3.06. The molecule has 2 rings (SSSR count). The van der Waals surface area contributed by atoms with E-state index in [0.29, 0.717) is 25.0 Å². The Morgan fingerprint density at radius 2 is 1.83 bits per heavy atom. The van der Waals surface area contributed by atoms with Crippen molar-refractivity contribution in [1.29, 1.82) is 0 Å². The molecule has 5 heteroatoms. The normalized spacial score (nSPS) is 11.4. The third kappa shape index (κ3) is 5.50. The molecule has 5 nitrogen and oxygen atoms in total. The van der Waals surface area contributed by atoms with Gasteiger partial charge >= 0.3 is 0 Å². The number of nitrogens with zero attached hydrogens (tertiary/aromatic N) is 1. The highest BCUT2D eigenvalue weighted by Gasteiger charge is 2.04. The Labute approximate surface area is 143 Å². The highest BCUT2D eigenvalue weighted by molar-refractivity contribution is 5.92. The smallest absolute Gasteiger partial charge is 0.193 e. The van der Waals surface area contributed by atoms with Gasteiger partial charge in [-0.15, -0.1) is 0 Å². The number of hydrogen-bond donors (Lipinski definition) is 2. The Kier molecular flexibility index (Phi) is 6.49. The molecule has 0 atom stereocenters. The molecule has 0 bridgehead atoms. The molecule has 2 aromatic rings. The minimum absolute atomic E-state index is 0.360. The molecule has 0 spiro atoms. The first-order chi connectivity index (χ1) is 11.6. The van der Waals surface area contributed by atoms with Gasteiger partial charge < -0.3 is 20.5 Å². The van der Waals surface area contributed by atoms with Gasteiger partial charge in [-0.1, -0.05) is 32.0 Å². The zero-order chi connectivity index (χ0) is 17.4. The number of nitrogens with one attached hydrogen (secondary N) is 1. The van der Waals surface area contributed by atoms with Crippen LogP contribution in [0.5, 0.6) is 11.5 Å². The molecule has 0 amide bonds. The third-order valence-corrected chi connectivity index (χ3v) is 3.33. The summed E-state index contributed by atoms with van der Waals surface area (Å²) in [5.74, 6) is 2.49. The minimum Gasteiger partial charge on any atom is -0.497 e. The van der Waals surface area contributed by atoms with Gasteiger partial charge in [0.2, 0.25) is 0 Å². The monoisotopic (exact) mass is 327 g/mol. The van der Waals surface area contributed by atoms with Gasteiger partial charge in [-0.3, -0.25) is 0 Å². The van der Waals surface area contributed by atoms with E-state index in [1.807, 2.05) is 48.5 Å². The molecule has 0 aliphatic heterocycles. The van der Waals surface area contributed by atoms with Gasteiger partial charge in [0.1, 0.15) is 11.5 Å². The Hall–Kier alpha value is -2.69. The Balaban J connectivity index is 1.98. The van der Waals surface area contributed by atoms with Crippen molar-refractivity contribution < 1.29 is 9.47 Å². The molecule has 0 aliphatic carbocycles. The van der Waals surface area contributed by atoms with Crippen LogP contribution in [0.4, 0.5) is 5.69 Å². The van der Waals surface area contributed by atoms with Crippen LogP contribution in [0.15, 0.2) is 53.5 Å². The molecule has 0 unspecified atom stereocenters. The summed E-state index contributed by atoms with van der Waals surface area (Å²) in [6, 6.07) is 15.4. The summed E-state index contributed by atoms with van der Waals surface area (Å²) in [5.41, 5.74) is 7.84. The van der Waals surface area contributed by atoms with Crippen LogP contribution in [0.1, 0.15) is 19.4 Å². The standard InChI is InChI=1S/C19H25N3O2/c1-14(2)13-24-18-7-5-4-6-15(18)12-21-19(20)22-16-8-10-17(23-3)11-9-16/h4-11,14H,12-13H2,1-3H3,(H3,20,21,22). The molecule has 0 heterocycles. The van der Waals surface area contributed by atoms with Crippen molar-refractivity contribution in [2.45, 2.75) is 20.4 Å². The topological polar surface area (TPSA) is 68.9 Å². The van der Waals surface area contributed by atoms with Crippen LogP contribution in [0.25, 0.3) is 0 Å². The lowest BCUT2D eigenvalue weighted by molar-refractivity contribution is 0.268. The van der Waals surface area contributed by atoms with E-state index in [-0.39, 0.29) is 0 Å². The lowest BCUT2D eigenvalue weighted by Gasteiger charge is -2.12. The van der Waals surface area contributed by atoms with Crippen LogP contribution in [-0.4, -0.2) is 19.7 Å². The number of guanidine groups is 1. The van der Waals surface area contributed by atoms with Crippen molar-refractivity contribution in [3.05, 3.63) is 54.1 Å². The highest BCUT2D eigenvalue weighted by atomic mass is 16.5. The lowest BCUT2D eigenvalue weighted by atomic mass is 10.2. The largest absolute Gasteiger partial charge is 0.497 e. The minimum atomic E-state index is 0.360. The Bertz CT molecular complexity index is 667. The highest BCUT2D eigenvalue weighted by Crippen LogP contribution is 2.20. The Morgan fingerprint density at radius 3 is 2.50 bits per heavy atom. The number of benzene rings is 2. The van der Waals surface area contributed by atoms with Crippen molar-refractivity contribution in [2.75, 3.05) is 19.0 Å². The first-order valence-corrected chi connectivity index (χ1v) is 8.00. The van der Waals surface area contributed by atoms with Crippen molar-refractivity contribution >= 4 is 11.6 Å². The number of aliphatic imine (C=N–C) groups is 1. The summed E-state index contributed by atoms with van der Waals surface area (Å²) in [6.45, 7) is 5.39. The molecule has 0 saturated heterocycles. The van der Waals surface area contributed by atoms with Gasteiger partial charge in [0, 0.05) is 11.3 Å². The summed E-state index contributed by atoms with van der Waals surface area (Å²) in [4.78, 5) is 4.39. The first-order valence-electron chi connectivity index (χ1n) is 8.00. The summed E-state index contributed by atoms with van der Waals surface area (Å²) >= 11 is 0. The summed E-state index contributed by atoms with van der Waals surface area (Å²) in [7, 11) is 1.64. The van der Waals surface area contributed by atoms with Crippen molar-refractivity contribution in [1.82, 2.24) is 0 Å². The van der Waals surface area contributed by atoms with E-state index in [9.17, 15) is 0 Å². The quantitative estimate of drug-likeness (QED) is 0.601. The molecule has 0 aliphatic rings. The fourth-order valence-corrected chi connectivity index (χ4v) is 2.06. The maximum absolute atomic E-state index is 5.96. The SMILES string of the molecule is COc1ccc(NC(N)=NCc2ccccc2OCC(C)C)cc1. The van der Waals surface area contributed by atoms with E-state index < -0.39 is 0 Å². The van der Waals surface area contributed by atoms with Gasteiger partial charge in [-0.2, -0.15) is 0 Å². The molecule has 0 aromatic heterocycles. The number of anilines is 1. The van der Waals surface area contributed by atoms with Crippen molar-refractivity contribution in [3.8, 4) is 11.5 Å². The van der Waals surface area contributed by atoms with Gasteiger partial charge in [0.05, 0.1) is 20.3 Å². The molecule has 0 saturated carbocycles. The van der Waals surface area contributed by atoms with Crippen LogP contribution in [0.2, 0.25) is 0 Å². The molecular formula is C19H25N3O2. The van der Waals surface area contributed by atoms with Gasteiger partial charge in [0.25, 0.3) is 0 Å². The van der Waals surface area contributed by atoms with E-state index >= 15 is 0 Å². The van der Waals surface area contributed by atoms with Crippen LogP contribution in [-0.2, 0) is 6.54 Å². The number of methoxy groups -OCH3 is 1. The maximum atomic E-state index is 5.96. The van der Waals surface area contributed by atoms with E-state index in [1.54, 1.807) is 7.11 Å². The van der Waals surface area contributed by atoms with E-state index in [4.69, 9.17) is 15.2 Å². The molecule has 2 aromatic carbocycles. The van der Waals surface area contributed by atoms with Crippen LogP contribution in [0, 0.1) is 5.92 Å². The molecular weight excluding hydrogens is 302 g/mol. The van der Waals surface area contributed by atoms with E-state index in [0.717, 1.165) is 22.7 Å². The zero-order valence-electron chi connectivity index (χ0n) is 14.5. The second-order valence-electron chi connectivity index (χ2n) is 5.87. The summed E-state index contributed by atoms with van der Waals surface area (Å²) in [6.07, 6.45) is 0. The van der Waals surface area contributed by atoms with Crippen LogP contribution >= 0.6 is 0 Å². The molecule has 128 valence electrons. The number of ether oxygens (including phenoxy) is 2. The average Bonchev–Trinajstić information content (AvgIpc) is 2.59. The van der Waals surface area contributed by atoms with Crippen molar-refractivity contribution in [3.63, 3.8) is 0 Å². The fourth-order valence-electron chi connectivity index (χ4n) is 2.06.